The van der Waals surface area contributed by atoms with E-state index in [9.17, 15) is 22.8 Å². The summed E-state index contributed by atoms with van der Waals surface area (Å²) >= 11 is 0. The number of fused-ring (bicyclic) bond motifs is 1. The standard InChI is InChI=1S/C22H25N3O5S/c1-13(2)25-20(27)17-11-10-16(12-18(17)21(25)28)23-19(26)14-6-8-15(9-7-14)24-31(29,30)22(3,4)5/h6-13,24H,1-5H3,(H,23,26). The number of nitrogens with one attached hydrogen (secondary N) is 2. The number of anilines is 2. The third-order valence-electron chi connectivity index (χ3n) is 4.90. The fourth-order valence-corrected chi connectivity index (χ4v) is 3.76. The summed E-state index contributed by atoms with van der Waals surface area (Å²) < 4.78 is 26.0. The SMILES string of the molecule is CC(C)N1C(=O)c2ccc(NC(=O)c3ccc(NS(=O)(=O)C(C)(C)C)cc3)cc2C1=O. The fraction of sp³-hybridized carbons (Fsp3) is 0.318. The second-order valence-corrected chi connectivity index (χ2v) is 11.0. The van der Waals surface area contributed by atoms with E-state index in [2.05, 4.69) is 10.0 Å². The predicted octanol–water partition coefficient (Wildman–Crippen LogP) is 3.48. The van der Waals surface area contributed by atoms with Gasteiger partial charge in [0.25, 0.3) is 17.7 Å². The van der Waals surface area contributed by atoms with Crippen LogP contribution in [0.15, 0.2) is 42.5 Å². The molecule has 0 spiro atoms. The summed E-state index contributed by atoms with van der Waals surface area (Å²) in [6.45, 7) is 8.29. The van der Waals surface area contributed by atoms with Crippen molar-refractivity contribution in [1.29, 1.82) is 0 Å². The first kappa shape index (κ1) is 22.5. The first-order valence-corrected chi connectivity index (χ1v) is 11.3. The smallest absolute Gasteiger partial charge is 0.261 e. The topological polar surface area (TPSA) is 113 Å². The first-order valence-electron chi connectivity index (χ1n) is 9.77. The van der Waals surface area contributed by atoms with Crippen LogP contribution in [0.5, 0.6) is 0 Å². The number of rotatable bonds is 5. The molecular formula is C22H25N3O5S. The Balaban J connectivity index is 1.75. The van der Waals surface area contributed by atoms with E-state index in [0.29, 0.717) is 22.5 Å². The highest BCUT2D eigenvalue weighted by Gasteiger charge is 2.37. The van der Waals surface area contributed by atoms with Crippen LogP contribution in [0.2, 0.25) is 0 Å². The lowest BCUT2D eigenvalue weighted by Gasteiger charge is -2.20. The van der Waals surface area contributed by atoms with Gasteiger partial charge >= 0.3 is 0 Å². The summed E-state index contributed by atoms with van der Waals surface area (Å²) in [5.41, 5.74) is 1.61. The molecule has 0 saturated heterocycles. The number of sulfonamides is 1. The van der Waals surface area contributed by atoms with Crippen molar-refractivity contribution in [2.24, 2.45) is 0 Å². The van der Waals surface area contributed by atoms with E-state index in [1.54, 1.807) is 40.7 Å². The molecule has 0 aliphatic carbocycles. The van der Waals surface area contributed by atoms with Crippen LogP contribution < -0.4 is 10.0 Å². The van der Waals surface area contributed by atoms with E-state index in [4.69, 9.17) is 0 Å². The minimum Gasteiger partial charge on any atom is -0.322 e. The van der Waals surface area contributed by atoms with E-state index in [0.717, 1.165) is 0 Å². The van der Waals surface area contributed by atoms with Crippen molar-refractivity contribution in [3.8, 4) is 0 Å². The third-order valence-corrected chi connectivity index (χ3v) is 7.01. The van der Waals surface area contributed by atoms with E-state index in [1.807, 2.05) is 0 Å². The van der Waals surface area contributed by atoms with Gasteiger partial charge in [0.1, 0.15) is 0 Å². The Labute approximate surface area is 181 Å². The number of hydrogen-bond acceptors (Lipinski definition) is 5. The largest absolute Gasteiger partial charge is 0.322 e. The number of carbonyl (C=O) groups excluding carboxylic acids is 3. The average molecular weight is 444 g/mol. The van der Waals surface area contributed by atoms with Gasteiger partial charge in [-0.1, -0.05) is 0 Å². The molecule has 1 aliphatic heterocycles. The zero-order valence-corrected chi connectivity index (χ0v) is 18.8. The maximum atomic E-state index is 12.6. The van der Waals surface area contributed by atoms with Crippen LogP contribution >= 0.6 is 0 Å². The molecule has 0 saturated carbocycles. The minimum atomic E-state index is -3.57. The second kappa shape index (κ2) is 7.81. The van der Waals surface area contributed by atoms with Gasteiger partial charge < -0.3 is 5.32 Å². The Morgan fingerprint density at radius 1 is 0.903 bits per heavy atom. The van der Waals surface area contributed by atoms with Gasteiger partial charge in [-0.15, -0.1) is 0 Å². The Bertz CT molecular complexity index is 1160. The number of benzene rings is 2. The second-order valence-electron chi connectivity index (χ2n) is 8.58. The fourth-order valence-electron chi connectivity index (χ4n) is 3.01. The van der Waals surface area contributed by atoms with Crippen molar-refractivity contribution in [3.05, 3.63) is 59.2 Å². The summed E-state index contributed by atoms with van der Waals surface area (Å²) in [4.78, 5) is 38.6. The number of amides is 3. The minimum absolute atomic E-state index is 0.253. The molecule has 164 valence electrons. The maximum absolute atomic E-state index is 12.6. The summed E-state index contributed by atoms with van der Waals surface area (Å²) in [5.74, 6) is -1.16. The lowest BCUT2D eigenvalue weighted by atomic mass is 10.1. The van der Waals surface area contributed by atoms with Gasteiger partial charge in [0, 0.05) is 23.0 Å². The molecule has 0 unspecified atom stereocenters. The molecule has 3 rings (SSSR count). The Morgan fingerprint density at radius 2 is 1.45 bits per heavy atom. The van der Waals surface area contributed by atoms with Crippen LogP contribution in [0.3, 0.4) is 0 Å². The third kappa shape index (κ3) is 4.32. The molecule has 0 bridgehead atoms. The lowest BCUT2D eigenvalue weighted by Crippen LogP contribution is -2.35. The highest BCUT2D eigenvalue weighted by atomic mass is 32.2. The Hall–Kier alpha value is -3.20. The zero-order chi connectivity index (χ0) is 23.1. The van der Waals surface area contributed by atoms with E-state index >= 15 is 0 Å². The first-order chi connectivity index (χ1) is 14.3. The molecule has 0 aromatic heterocycles. The van der Waals surface area contributed by atoms with Gasteiger partial charge in [-0.25, -0.2) is 8.42 Å². The molecule has 1 heterocycles. The monoisotopic (exact) mass is 443 g/mol. The van der Waals surface area contributed by atoms with Crippen molar-refractivity contribution < 1.29 is 22.8 Å². The number of hydrogen-bond donors (Lipinski definition) is 2. The molecule has 8 nitrogen and oxygen atoms in total. The molecule has 2 aromatic carbocycles. The van der Waals surface area contributed by atoms with Gasteiger partial charge in [-0.3, -0.25) is 24.0 Å². The van der Waals surface area contributed by atoms with Gasteiger partial charge in [0.05, 0.1) is 15.9 Å². The summed E-state index contributed by atoms with van der Waals surface area (Å²) in [7, 11) is -3.57. The van der Waals surface area contributed by atoms with Gasteiger partial charge in [-0.05, 0) is 77.1 Å². The van der Waals surface area contributed by atoms with Crippen molar-refractivity contribution in [2.75, 3.05) is 10.0 Å². The summed E-state index contributed by atoms with van der Waals surface area (Å²) in [5, 5.41) is 2.70. The molecule has 0 fully saturated rings. The van der Waals surface area contributed by atoms with Crippen LogP contribution in [0.4, 0.5) is 11.4 Å². The normalized spacial score (nSPS) is 14.1. The molecule has 1 aliphatic rings. The van der Waals surface area contributed by atoms with Crippen LogP contribution in [-0.4, -0.2) is 41.8 Å². The van der Waals surface area contributed by atoms with E-state index < -0.39 is 20.7 Å². The number of nitrogens with zero attached hydrogens (tertiary/aromatic N) is 1. The predicted molar refractivity (Wildman–Crippen MR) is 119 cm³/mol. The molecule has 3 amide bonds. The molecule has 9 heteroatoms. The van der Waals surface area contributed by atoms with E-state index in [-0.39, 0.29) is 23.4 Å². The van der Waals surface area contributed by atoms with Gasteiger partial charge in [0.2, 0.25) is 10.0 Å². The van der Waals surface area contributed by atoms with Crippen LogP contribution in [-0.2, 0) is 10.0 Å². The Kier molecular flexibility index (Phi) is 5.66. The number of carbonyl (C=O) groups is 3. The molecule has 31 heavy (non-hydrogen) atoms. The van der Waals surface area contributed by atoms with Crippen molar-refractivity contribution >= 4 is 39.1 Å². The van der Waals surface area contributed by atoms with Crippen LogP contribution in [0.25, 0.3) is 0 Å². The molecule has 0 radical (unpaired) electrons. The van der Waals surface area contributed by atoms with Crippen LogP contribution in [0, 0.1) is 0 Å². The average Bonchev–Trinajstić information content (AvgIpc) is 2.91. The van der Waals surface area contributed by atoms with Crippen LogP contribution in [0.1, 0.15) is 65.7 Å². The zero-order valence-electron chi connectivity index (χ0n) is 18.0. The van der Waals surface area contributed by atoms with Crippen molar-refractivity contribution in [3.63, 3.8) is 0 Å². The van der Waals surface area contributed by atoms with Gasteiger partial charge in [0.15, 0.2) is 0 Å². The quantitative estimate of drug-likeness (QED) is 0.687. The molecule has 2 N–H and O–H groups in total. The lowest BCUT2D eigenvalue weighted by molar-refractivity contribution is 0.0608. The highest BCUT2D eigenvalue weighted by molar-refractivity contribution is 7.94. The maximum Gasteiger partial charge on any atom is 0.261 e. The van der Waals surface area contributed by atoms with Gasteiger partial charge in [-0.2, -0.15) is 0 Å². The Morgan fingerprint density at radius 3 is 2.00 bits per heavy atom. The molecule has 2 aromatic rings. The molecular weight excluding hydrogens is 418 g/mol. The van der Waals surface area contributed by atoms with Crippen molar-refractivity contribution in [2.45, 2.75) is 45.4 Å². The van der Waals surface area contributed by atoms with Crippen molar-refractivity contribution in [1.82, 2.24) is 4.90 Å². The summed E-state index contributed by atoms with van der Waals surface area (Å²) in [6.07, 6.45) is 0. The molecule has 0 atom stereocenters. The number of imide groups is 1. The van der Waals surface area contributed by atoms with E-state index in [1.165, 1.54) is 41.3 Å². The summed E-state index contributed by atoms with van der Waals surface area (Å²) in [6, 6.07) is 10.3. The highest BCUT2D eigenvalue weighted by Crippen LogP contribution is 2.27.